The number of aromatic carboxylic acids is 1. The number of carboxylic acids is 1. The van der Waals surface area contributed by atoms with E-state index in [0.29, 0.717) is 28.3 Å². The van der Waals surface area contributed by atoms with E-state index in [9.17, 15) is 19.5 Å². The monoisotopic (exact) mass is 452 g/mol. The van der Waals surface area contributed by atoms with Crippen molar-refractivity contribution in [3.63, 3.8) is 0 Å². The molecule has 9 heteroatoms. The fraction of sp³-hybridized carbons (Fsp3) is 0.174. The van der Waals surface area contributed by atoms with Gasteiger partial charge in [0.2, 0.25) is 5.91 Å². The van der Waals surface area contributed by atoms with E-state index in [2.05, 4.69) is 5.32 Å². The minimum atomic E-state index is -1.07. The fourth-order valence-electron chi connectivity index (χ4n) is 3.72. The maximum absolute atomic E-state index is 12.6. The molecule has 2 amide bonds. The zero-order chi connectivity index (χ0) is 22.8. The lowest BCUT2D eigenvalue weighted by Gasteiger charge is -2.24. The molecule has 1 aliphatic heterocycles. The van der Waals surface area contributed by atoms with Gasteiger partial charge >= 0.3 is 5.97 Å². The number of methoxy groups -OCH3 is 1. The summed E-state index contributed by atoms with van der Waals surface area (Å²) in [7, 11) is 1.55. The zero-order valence-corrected chi connectivity index (χ0v) is 17.9. The Hall–Kier alpha value is -3.85. The highest BCUT2D eigenvalue weighted by atomic mass is 32.1. The van der Waals surface area contributed by atoms with Gasteiger partial charge in [-0.2, -0.15) is 0 Å². The topological polar surface area (TPSA) is 128 Å². The number of nitrogens with two attached hydrogens (primary N) is 1. The summed E-state index contributed by atoms with van der Waals surface area (Å²) in [6.07, 6.45) is 0.161. The van der Waals surface area contributed by atoms with Crippen molar-refractivity contribution in [2.75, 3.05) is 19.0 Å². The molecule has 0 radical (unpaired) electrons. The average molecular weight is 452 g/mol. The summed E-state index contributed by atoms with van der Waals surface area (Å²) < 4.78 is 10.6. The van der Waals surface area contributed by atoms with E-state index >= 15 is 0 Å². The Balaban J connectivity index is 1.81. The maximum atomic E-state index is 12.6. The van der Waals surface area contributed by atoms with Gasteiger partial charge in [-0.25, -0.2) is 4.79 Å². The highest BCUT2D eigenvalue weighted by Gasteiger charge is 2.34. The molecule has 32 heavy (non-hydrogen) atoms. The number of amides is 2. The molecule has 0 saturated heterocycles. The predicted molar refractivity (Wildman–Crippen MR) is 119 cm³/mol. The molecule has 1 aliphatic rings. The molecular weight excluding hydrogens is 432 g/mol. The molecule has 0 bridgehead atoms. The van der Waals surface area contributed by atoms with Crippen LogP contribution >= 0.6 is 11.3 Å². The van der Waals surface area contributed by atoms with Gasteiger partial charge in [0.15, 0.2) is 6.61 Å². The normalized spacial score (nSPS) is 14.9. The molecule has 1 aromatic heterocycles. The second kappa shape index (κ2) is 8.72. The van der Waals surface area contributed by atoms with Crippen LogP contribution in [0.2, 0.25) is 0 Å². The Morgan fingerprint density at radius 3 is 2.59 bits per heavy atom. The first-order valence-electron chi connectivity index (χ1n) is 9.72. The Morgan fingerprint density at radius 2 is 1.94 bits per heavy atom. The molecule has 0 saturated carbocycles. The SMILES string of the molecule is COc1ccc(-c2c(C(=O)O)sc3c2NC(=O)C[C@@H]3c2cccc(OCC(N)=O)c2)cc1. The summed E-state index contributed by atoms with van der Waals surface area (Å²) in [6.45, 7) is -0.260. The molecule has 0 spiro atoms. The zero-order valence-electron chi connectivity index (χ0n) is 17.1. The standard InChI is InChI=1S/C23H20N2O6S/c1-30-14-7-5-12(6-8-14)19-20-21(32-22(19)23(28)29)16(10-18(27)25-20)13-3-2-4-15(9-13)31-11-17(24)26/h2-9,16H,10-11H2,1H3,(H2,24,26)(H,25,27)(H,28,29)/t16-/m1/s1. The summed E-state index contributed by atoms with van der Waals surface area (Å²) in [5, 5.41) is 12.7. The van der Waals surface area contributed by atoms with Crippen LogP contribution in [0.5, 0.6) is 11.5 Å². The van der Waals surface area contributed by atoms with Crippen LogP contribution < -0.4 is 20.5 Å². The van der Waals surface area contributed by atoms with E-state index in [1.54, 1.807) is 49.6 Å². The number of nitrogens with one attached hydrogen (secondary N) is 1. The predicted octanol–water partition coefficient (Wildman–Crippen LogP) is 3.46. The van der Waals surface area contributed by atoms with Crippen LogP contribution in [0.4, 0.5) is 5.69 Å². The van der Waals surface area contributed by atoms with Crippen LogP contribution in [0.3, 0.4) is 0 Å². The Bertz CT molecular complexity index is 1200. The van der Waals surface area contributed by atoms with Gasteiger partial charge in [0, 0.05) is 22.8 Å². The number of hydrogen-bond acceptors (Lipinski definition) is 6. The van der Waals surface area contributed by atoms with Gasteiger partial charge in [0.25, 0.3) is 5.91 Å². The summed E-state index contributed by atoms with van der Waals surface area (Å²) in [4.78, 5) is 36.6. The number of primary amides is 1. The van der Waals surface area contributed by atoms with E-state index in [0.717, 1.165) is 21.8 Å². The van der Waals surface area contributed by atoms with Crippen LogP contribution in [0.25, 0.3) is 11.1 Å². The van der Waals surface area contributed by atoms with Gasteiger partial charge in [-0.1, -0.05) is 24.3 Å². The Kier molecular flexibility index (Phi) is 5.83. The van der Waals surface area contributed by atoms with Crippen molar-refractivity contribution >= 4 is 34.8 Å². The number of anilines is 1. The van der Waals surface area contributed by atoms with Gasteiger partial charge in [-0.05, 0) is 35.4 Å². The summed E-state index contributed by atoms with van der Waals surface area (Å²) in [6, 6.07) is 14.0. The molecule has 4 N–H and O–H groups in total. The van der Waals surface area contributed by atoms with Crippen LogP contribution in [0.1, 0.15) is 32.5 Å². The highest BCUT2D eigenvalue weighted by Crippen LogP contribution is 2.49. The molecule has 2 heterocycles. The van der Waals surface area contributed by atoms with Crippen LogP contribution in [-0.2, 0) is 9.59 Å². The van der Waals surface area contributed by atoms with Gasteiger partial charge < -0.3 is 25.6 Å². The molecule has 0 unspecified atom stereocenters. The number of carbonyl (C=O) groups excluding carboxylic acids is 2. The lowest BCUT2D eigenvalue weighted by molar-refractivity contribution is -0.120. The quantitative estimate of drug-likeness (QED) is 0.504. The van der Waals surface area contributed by atoms with Crippen LogP contribution in [0.15, 0.2) is 48.5 Å². The van der Waals surface area contributed by atoms with Crippen molar-refractivity contribution in [1.82, 2.24) is 0 Å². The number of fused-ring (bicyclic) bond motifs is 1. The smallest absolute Gasteiger partial charge is 0.346 e. The largest absolute Gasteiger partial charge is 0.497 e. The number of hydrogen-bond donors (Lipinski definition) is 3. The van der Waals surface area contributed by atoms with E-state index in [1.807, 2.05) is 6.07 Å². The van der Waals surface area contributed by atoms with Gasteiger partial charge in [-0.3, -0.25) is 9.59 Å². The third-order valence-electron chi connectivity index (χ3n) is 5.12. The molecule has 164 valence electrons. The van der Waals surface area contributed by atoms with Crippen molar-refractivity contribution in [2.45, 2.75) is 12.3 Å². The molecule has 2 aromatic carbocycles. The Labute approximate surface area is 187 Å². The third-order valence-corrected chi connectivity index (χ3v) is 6.41. The van der Waals surface area contributed by atoms with Gasteiger partial charge in [0.05, 0.1) is 12.8 Å². The number of carbonyl (C=O) groups is 3. The molecule has 0 aliphatic carbocycles. The van der Waals surface area contributed by atoms with Crippen molar-refractivity contribution in [2.24, 2.45) is 5.73 Å². The summed E-state index contributed by atoms with van der Waals surface area (Å²) in [5.41, 5.74) is 7.57. The van der Waals surface area contributed by atoms with E-state index in [4.69, 9.17) is 15.2 Å². The van der Waals surface area contributed by atoms with Crippen LogP contribution in [0, 0.1) is 0 Å². The molecular formula is C23H20N2O6S. The number of rotatable bonds is 7. The first-order chi connectivity index (χ1) is 15.4. The first kappa shape index (κ1) is 21.4. The molecule has 1 atom stereocenters. The second-order valence-corrected chi connectivity index (χ2v) is 8.26. The van der Waals surface area contributed by atoms with Gasteiger partial charge in [-0.15, -0.1) is 11.3 Å². The fourth-order valence-corrected chi connectivity index (χ4v) is 4.96. The third kappa shape index (κ3) is 4.15. The maximum Gasteiger partial charge on any atom is 0.346 e. The molecule has 8 nitrogen and oxygen atoms in total. The number of ether oxygens (including phenoxy) is 2. The van der Waals surface area contributed by atoms with Crippen molar-refractivity contribution < 1.29 is 29.0 Å². The highest BCUT2D eigenvalue weighted by molar-refractivity contribution is 7.15. The minimum absolute atomic E-state index is 0.147. The van der Waals surface area contributed by atoms with E-state index < -0.39 is 11.9 Å². The first-order valence-corrected chi connectivity index (χ1v) is 10.5. The van der Waals surface area contributed by atoms with Crippen LogP contribution in [-0.4, -0.2) is 36.6 Å². The van der Waals surface area contributed by atoms with Crippen molar-refractivity contribution in [3.05, 3.63) is 63.8 Å². The van der Waals surface area contributed by atoms with E-state index in [-0.39, 0.29) is 29.7 Å². The average Bonchev–Trinajstić information content (AvgIpc) is 3.17. The van der Waals surface area contributed by atoms with Crippen molar-refractivity contribution in [1.29, 1.82) is 0 Å². The summed E-state index contributed by atoms with van der Waals surface area (Å²) in [5.74, 6) is -1.14. The van der Waals surface area contributed by atoms with E-state index in [1.165, 1.54) is 0 Å². The number of thiophene rings is 1. The Morgan fingerprint density at radius 1 is 1.19 bits per heavy atom. The lowest BCUT2D eigenvalue weighted by Crippen LogP contribution is -2.22. The molecule has 0 fully saturated rings. The number of carboxylic acid groups (broad SMARTS) is 1. The molecule has 4 rings (SSSR count). The minimum Gasteiger partial charge on any atom is -0.497 e. The van der Waals surface area contributed by atoms with Crippen molar-refractivity contribution in [3.8, 4) is 22.6 Å². The second-order valence-electron chi connectivity index (χ2n) is 7.21. The molecule has 3 aromatic rings. The number of benzene rings is 2. The lowest BCUT2D eigenvalue weighted by atomic mass is 9.88. The van der Waals surface area contributed by atoms with Gasteiger partial charge in [0.1, 0.15) is 16.4 Å². The summed E-state index contributed by atoms with van der Waals surface area (Å²) >= 11 is 1.14.